The Kier molecular flexibility index (Phi) is 4.61. The summed E-state index contributed by atoms with van der Waals surface area (Å²) in [4.78, 5) is 1.37. The Morgan fingerprint density at radius 2 is 2.05 bits per heavy atom. The van der Waals surface area contributed by atoms with Gasteiger partial charge in [-0.15, -0.1) is 23.4 Å². The highest BCUT2D eigenvalue weighted by Crippen LogP contribution is 2.40. The molecule has 2 aromatic rings. The first-order chi connectivity index (χ1) is 10.3. The highest BCUT2D eigenvalue weighted by Gasteiger charge is 2.23. The predicted octanol–water partition coefficient (Wildman–Crippen LogP) is 4.70. The molecule has 0 bridgehead atoms. The maximum absolute atomic E-state index is 6.01. The van der Waals surface area contributed by atoms with Gasteiger partial charge in [0.2, 0.25) is 0 Å². The Labute approximate surface area is 134 Å². The first kappa shape index (κ1) is 14.6. The zero-order chi connectivity index (χ0) is 14.7. The van der Waals surface area contributed by atoms with Gasteiger partial charge in [0.15, 0.2) is 11.5 Å². The van der Waals surface area contributed by atoms with Crippen molar-refractivity contribution in [3.8, 4) is 11.5 Å². The number of hydrogen-bond acceptors (Lipinski definition) is 3. The van der Waals surface area contributed by atoms with Crippen LogP contribution >= 0.6 is 23.4 Å². The van der Waals surface area contributed by atoms with Crippen LogP contribution in [0.4, 0.5) is 0 Å². The fourth-order valence-electron chi connectivity index (χ4n) is 2.47. The number of fused-ring (bicyclic) bond motifs is 1. The molecule has 3 rings (SSSR count). The molecule has 0 aliphatic carbocycles. The van der Waals surface area contributed by atoms with Crippen LogP contribution in [0.15, 0.2) is 47.4 Å². The second-order valence-corrected chi connectivity index (χ2v) is 6.30. The van der Waals surface area contributed by atoms with Gasteiger partial charge in [0.25, 0.3) is 0 Å². The molecule has 1 atom stereocenters. The quantitative estimate of drug-likeness (QED) is 0.744. The minimum atomic E-state index is 0.426. The van der Waals surface area contributed by atoms with E-state index in [1.807, 2.05) is 30.0 Å². The lowest BCUT2D eigenvalue weighted by atomic mass is 10.0. The summed E-state index contributed by atoms with van der Waals surface area (Å²) < 4.78 is 11.4. The van der Waals surface area contributed by atoms with E-state index in [0.29, 0.717) is 18.4 Å². The molecule has 0 saturated heterocycles. The number of halogens is 1. The van der Waals surface area contributed by atoms with Gasteiger partial charge in [-0.3, -0.25) is 0 Å². The average Bonchev–Trinajstić information content (AvgIpc) is 2.96. The molecule has 1 unspecified atom stereocenters. The zero-order valence-electron chi connectivity index (χ0n) is 11.8. The molecule has 1 heterocycles. The van der Waals surface area contributed by atoms with Crippen LogP contribution in [-0.4, -0.2) is 19.5 Å². The van der Waals surface area contributed by atoms with Crippen molar-refractivity contribution in [2.45, 2.75) is 16.7 Å². The molecule has 2 nitrogen and oxygen atoms in total. The van der Waals surface area contributed by atoms with Crippen molar-refractivity contribution in [2.75, 3.05) is 19.5 Å². The van der Waals surface area contributed by atoms with Crippen LogP contribution in [0.3, 0.4) is 0 Å². The number of benzene rings is 2. The number of hydrogen-bond donors (Lipinski definition) is 0. The highest BCUT2D eigenvalue weighted by molar-refractivity contribution is 7.99. The second-order valence-electron chi connectivity index (χ2n) is 4.98. The number of alkyl halides is 1. The molecular formula is C17H17ClO2S. The third-order valence-corrected chi connectivity index (χ3v) is 5.18. The van der Waals surface area contributed by atoms with Gasteiger partial charge in [-0.25, -0.2) is 0 Å². The molecule has 2 aromatic carbocycles. The van der Waals surface area contributed by atoms with E-state index in [9.17, 15) is 0 Å². The van der Waals surface area contributed by atoms with Crippen molar-refractivity contribution in [1.29, 1.82) is 0 Å². The molecule has 0 saturated carbocycles. The van der Waals surface area contributed by atoms with Gasteiger partial charge in [0.1, 0.15) is 0 Å². The lowest BCUT2D eigenvalue weighted by molar-refractivity contribution is 0.279. The van der Waals surface area contributed by atoms with Crippen molar-refractivity contribution < 1.29 is 9.47 Å². The van der Waals surface area contributed by atoms with E-state index >= 15 is 0 Å². The third-order valence-electron chi connectivity index (χ3n) is 3.62. The lowest BCUT2D eigenvalue weighted by Gasteiger charge is -2.15. The average molecular weight is 321 g/mol. The number of methoxy groups -OCH3 is 1. The molecule has 110 valence electrons. The first-order valence-corrected chi connectivity index (χ1v) is 8.41. The van der Waals surface area contributed by atoms with E-state index in [0.717, 1.165) is 22.8 Å². The topological polar surface area (TPSA) is 18.5 Å². The molecule has 1 aliphatic rings. The van der Waals surface area contributed by atoms with Crippen LogP contribution in [0.5, 0.6) is 11.5 Å². The molecule has 1 aliphatic heterocycles. The first-order valence-electron chi connectivity index (χ1n) is 6.89. The van der Waals surface area contributed by atoms with Crippen molar-refractivity contribution in [2.24, 2.45) is 0 Å². The third kappa shape index (κ3) is 3.14. The van der Waals surface area contributed by atoms with Gasteiger partial charge in [-0.2, -0.15) is 0 Å². The van der Waals surface area contributed by atoms with Crippen LogP contribution < -0.4 is 9.47 Å². The molecule has 0 radical (unpaired) electrons. The summed E-state index contributed by atoms with van der Waals surface area (Å²) >= 11 is 7.79. The van der Waals surface area contributed by atoms with Crippen molar-refractivity contribution >= 4 is 23.4 Å². The maximum atomic E-state index is 6.01. The highest BCUT2D eigenvalue weighted by atomic mass is 35.5. The summed E-state index contributed by atoms with van der Waals surface area (Å²) in [6, 6.07) is 14.4. The predicted molar refractivity (Wildman–Crippen MR) is 88.0 cm³/mol. The number of thioether (sulfide) groups is 1. The van der Waals surface area contributed by atoms with Crippen molar-refractivity contribution in [3.63, 3.8) is 0 Å². The standard InChI is InChI=1S/C17H17ClO2S/c1-19-15-7-6-12(9-18)8-16(15)20-10-13-11-21-17-5-3-2-4-14(13)17/h2-8,13H,9-11H2,1H3. The summed E-state index contributed by atoms with van der Waals surface area (Å²) in [5.41, 5.74) is 2.42. The van der Waals surface area contributed by atoms with Gasteiger partial charge in [0.05, 0.1) is 13.7 Å². The van der Waals surface area contributed by atoms with Crippen molar-refractivity contribution in [3.05, 3.63) is 53.6 Å². The van der Waals surface area contributed by atoms with Gasteiger partial charge < -0.3 is 9.47 Å². The molecular weight excluding hydrogens is 304 g/mol. The SMILES string of the molecule is COc1ccc(CCl)cc1OCC1CSc2ccccc21. The molecule has 0 spiro atoms. The van der Waals surface area contributed by atoms with Crippen molar-refractivity contribution in [1.82, 2.24) is 0 Å². The Bertz CT molecular complexity index is 630. The van der Waals surface area contributed by atoms with Crippen LogP contribution in [0.2, 0.25) is 0 Å². The summed E-state index contributed by atoms with van der Waals surface area (Å²) in [5, 5.41) is 0. The Balaban J connectivity index is 1.74. The van der Waals surface area contributed by atoms with E-state index in [-0.39, 0.29) is 0 Å². The monoisotopic (exact) mass is 320 g/mol. The molecule has 0 amide bonds. The maximum Gasteiger partial charge on any atom is 0.161 e. The van der Waals surface area contributed by atoms with Gasteiger partial charge in [0, 0.05) is 22.4 Å². The van der Waals surface area contributed by atoms with Crippen LogP contribution in [0.1, 0.15) is 17.0 Å². The molecule has 4 heteroatoms. The summed E-state index contributed by atoms with van der Waals surface area (Å²) in [6.07, 6.45) is 0. The minimum Gasteiger partial charge on any atom is -0.493 e. The minimum absolute atomic E-state index is 0.426. The normalized spacial score (nSPS) is 16.6. The van der Waals surface area contributed by atoms with E-state index in [4.69, 9.17) is 21.1 Å². The van der Waals surface area contributed by atoms with Gasteiger partial charge >= 0.3 is 0 Å². The summed E-state index contributed by atoms with van der Waals surface area (Å²) in [5.74, 6) is 3.49. The lowest BCUT2D eigenvalue weighted by Crippen LogP contribution is -2.10. The smallest absolute Gasteiger partial charge is 0.161 e. The van der Waals surface area contributed by atoms with Gasteiger partial charge in [-0.1, -0.05) is 24.3 Å². The second kappa shape index (κ2) is 6.63. The molecule has 21 heavy (non-hydrogen) atoms. The fourth-order valence-corrected chi connectivity index (χ4v) is 3.87. The molecule has 0 N–H and O–H groups in total. The van der Waals surface area contributed by atoms with Crippen LogP contribution in [0, 0.1) is 0 Å². The van der Waals surface area contributed by atoms with Crippen LogP contribution in [-0.2, 0) is 5.88 Å². The number of rotatable bonds is 5. The van der Waals surface area contributed by atoms with Gasteiger partial charge in [-0.05, 0) is 29.3 Å². The van der Waals surface area contributed by atoms with E-state index in [1.54, 1.807) is 7.11 Å². The summed E-state index contributed by atoms with van der Waals surface area (Å²) in [6.45, 7) is 0.659. The molecule has 0 fully saturated rings. The zero-order valence-corrected chi connectivity index (χ0v) is 13.4. The largest absolute Gasteiger partial charge is 0.493 e. The fraction of sp³-hybridized carbons (Fsp3) is 0.294. The Morgan fingerprint density at radius 3 is 2.86 bits per heavy atom. The Hall–Kier alpha value is -1.32. The molecule has 0 aromatic heterocycles. The van der Waals surface area contributed by atoms with Crippen LogP contribution in [0.25, 0.3) is 0 Å². The number of ether oxygens (including phenoxy) is 2. The van der Waals surface area contributed by atoms with E-state index in [2.05, 4.69) is 24.3 Å². The Morgan fingerprint density at radius 1 is 1.19 bits per heavy atom. The van der Waals surface area contributed by atoms with E-state index in [1.165, 1.54) is 10.5 Å². The summed E-state index contributed by atoms with van der Waals surface area (Å²) in [7, 11) is 1.66. The van der Waals surface area contributed by atoms with E-state index < -0.39 is 0 Å².